The Morgan fingerprint density at radius 2 is 2.32 bits per heavy atom. The predicted octanol–water partition coefficient (Wildman–Crippen LogP) is 1.75. The molecule has 2 aromatic rings. The van der Waals surface area contributed by atoms with Gasteiger partial charge in [-0.05, 0) is 43.5 Å². The first-order valence-corrected chi connectivity index (χ1v) is 7.11. The summed E-state index contributed by atoms with van der Waals surface area (Å²) in [6, 6.07) is 6.11. The number of aromatic nitrogens is 2. The number of nitrogens with zero attached hydrogens (tertiary/aromatic N) is 3. The van der Waals surface area contributed by atoms with Crippen LogP contribution >= 0.6 is 0 Å². The molecule has 0 aromatic carbocycles. The van der Waals surface area contributed by atoms with Crippen molar-refractivity contribution >= 4 is 5.65 Å². The standard InChI is InChI=1S/C15H22N4/c1-12-5-7-18(9-13(12)8-16)10-14-11-19-6-3-2-4-15(19)17-14/h2-4,6,11-13H,5,7-10,16H2,1H3. The SMILES string of the molecule is CC1CCN(Cc2cn3ccccc3n2)CC1CN. The molecule has 0 bridgehead atoms. The van der Waals surface area contributed by atoms with Crippen LogP contribution in [0.25, 0.3) is 5.65 Å². The first kappa shape index (κ1) is 12.6. The minimum absolute atomic E-state index is 0.630. The lowest BCUT2D eigenvalue weighted by atomic mass is 9.87. The molecule has 1 aliphatic rings. The number of nitrogens with two attached hydrogens (primary N) is 1. The summed E-state index contributed by atoms with van der Waals surface area (Å²) in [5, 5.41) is 0. The van der Waals surface area contributed by atoms with Crippen molar-refractivity contribution in [1.82, 2.24) is 14.3 Å². The molecule has 0 radical (unpaired) electrons. The smallest absolute Gasteiger partial charge is 0.137 e. The van der Waals surface area contributed by atoms with E-state index in [1.54, 1.807) is 0 Å². The maximum atomic E-state index is 5.86. The van der Waals surface area contributed by atoms with Crippen LogP contribution in [-0.2, 0) is 6.54 Å². The predicted molar refractivity (Wildman–Crippen MR) is 76.8 cm³/mol. The fourth-order valence-electron chi connectivity index (χ4n) is 2.97. The van der Waals surface area contributed by atoms with Crippen LogP contribution in [0.1, 0.15) is 19.0 Å². The second kappa shape index (κ2) is 5.31. The number of pyridine rings is 1. The highest BCUT2D eigenvalue weighted by atomic mass is 15.2. The first-order valence-electron chi connectivity index (χ1n) is 7.11. The molecule has 2 N–H and O–H groups in total. The van der Waals surface area contributed by atoms with Gasteiger partial charge < -0.3 is 10.1 Å². The molecule has 2 aromatic heterocycles. The Balaban J connectivity index is 1.71. The van der Waals surface area contributed by atoms with Crippen LogP contribution in [0.15, 0.2) is 30.6 Å². The van der Waals surface area contributed by atoms with Gasteiger partial charge in [-0.25, -0.2) is 4.98 Å². The van der Waals surface area contributed by atoms with Gasteiger partial charge >= 0.3 is 0 Å². The molecule has 0 spiro atoms. The van der Waals surface area contributed by atoms with Crippen molar-refractivity contribution in [3.05, 3.63) is 36.3 Å². The molecule has 2 unspecified atom stereocenters. The highest BCUT2D eigenvalue weighted by Gasteiger charge is 2.25. The van der Waals surface area contributed by atoms with Crippen LogP contribution in [0, 0.1) is 11.8 Å². The number of hydrogen-bond donors (Lipinski definition) is 1. The maximum absolute atomic E-state index is 5.86. The molecule has 19 heavy (non-hydrogen) atoms. The average molecular weight is 258 g/mol. The fraction of sp³-hybridized carbons (Fsp3) is 0.533. The van der Waals surface area contributed by atoms with Crippen LogP contribution in [-0.4, -0.2) is 33.9 Å². The van der Waals surface area contributed by atoms with Gasteiger partial charge in [-0.2, -0.15) is 0 Å². The van der Waals surface area contributed by atoms with Crippen LogP contribution in [0.5, 0.6) is 0 Å². The number of hydrogen-bond acceptors (Lipinski definition) is 3. The molecule has 4 nitrogen and oxygen atoms in total. The Morgan fingerprint density at radius 1 is 1.42 bits per heavy atom. The van der Waals surface area contributed by atoms with E-state index in [9.17, 15) is 0 Å². The van der Waals surface area contributed by atoms with Crippen molar-refractivity contribution in [3.8, 4) is 0 Å². The summed E-state index contributed by atoms with van der Waals surface area (Å²) in [6.07, 6.45) is 5.42. The fourth-order valence-corrected chi connectivity index (χ4v) is 2.97. The van der Waals surface area contributed by atoms with Crippen molar-refractivity contribution in [3.63, 3.8) is 0 Å². The van der Waals surface area contributed by atoms with E-state index in [-0.39, 0.29) is 0 Å². The van der Waals surface area contributed by atoms with E-state index < -0.39 is 0 Å². The van der Waals surface area contributed by atoms with E-state index in [0.717, 1.165) is 43.4 Å². The molecule has 3 rings (SSSR count). The minimum Gasteiger partial charge on any atom is -0.330 e. The molecule has 1 aliphatic heterocycles. The lowest BCUT2D eigenvalue weighted by Crippen LogP contribution is -2.42. The molecule has 4 heteroatoms. The Morgan fingerprint density at radius 3 is 3.11 bits per heavy atom. The van der Waals surface area contributed by atoms with Gasteiger partial charge in [0, 0.05) is 25.5 Å². The molecule has 0 amide bonds. The minimum atomic E-state index is 0.630. The van der Waals surface area contributed by atoms with Gasteiger partial charge in [-0.15, -0.1) is 0 Å². The number of fused-ring (bicyclic) bond motifs is 1. The molecule has 2 atom stereocenters. The Labute approximate surface area is 114 Å². The number of rotatable bonds is 3. The molecule has 3 heterocycles. The molecule has 1 saturated heterocycles. The molecular formula is C15H22N4. The third-order valence-corrected chi connectivity index (χ3v) is 4.30. The maximum Gasteiger partial charge on any atom is 0.137 e. The zero-order valence-corrected chi connectivity index (χ0v) is 11.5. The monoisotopic (exact) mass is 258 g/mol. The summed E-state index contributed by atoms with van der Waals surface area (Å²) >= 11 is 0. The van der Waals surface area contributed by atoms with Crippen LogP contribution in [0.2, 0.25) is 0 Å². The summed E-state index contributed by atoms with van der Waals surface area (Å²) in [7, 11) is 0. The second-order valence-electron chi connectivity index (χ2n) is 5.70. The van der Waals surface area contributed by atoms with E-state index in [1.165, 1.54) is 6.42 Å². The third-order valence-electron chi connectivity index (χ3n) is 4.30. The molecule has 1 fully saturated rings. The van der Waals surface area contributed by atoms with E-state index >= 15 is 0 Å². The molecule has 0 aliphatic carbocycles. The van der Waals surface area contributed by atoms with Crippen LogP contribution < -0.4 is 5.73 Å². The van der Waals surface area contributed by atoms with Crippen molar-refractivity contribution in [1.29, 1.82) is 0 Å². The number of imidazole rings is 1. The van der Waals surface area contributed by atoms with Gasteiger partial charge in [0.2, 0.25) is 0 Å². The number of piperidine rings is 1. The van der Waals surface area contributed by atoms with Crippen LogP contribution in [0.4, 0.5) is 0 Å². The van der Waals surface area contributed by atoms with Crippen molar-refractivity contribution in [2.24, 2.45) is 17.6 Å². The Kier molecular flexibility index (Phi) is 3.53. The molecule has 0 saturated carbocycles. The zero-order valence-electron chi connectivity index (χ0n) is 11.5. The summed E-state index contributed by atoms with van der Waals surface area (Å²) in [5.41, 5.74) is 8.04. The van der Waals surface area contributed by atoms with Crippen molar-refractivity contribution in [2.75, 3.05) is 19.6 Å². The summed E-state index contributed by atoms with van der Waals surface area (Å²) in [4.78, 5) is 7.15. The third kappa shape index (κ3) is 2.65. The van der Waals surface area contributed by atoms with Gasteiger partial charge in [0.05, 0.1) is 5.69 Å². The summed E-state index contributed by atoms with van der Waals surface area (Å²) in [6.45, 7) is 6.31. The van der Waals surface area contributed by atoms with Crippen molar-refractivity contribution in [2.45, 2.75) is 19.9 Å². The molecule has 102 valence electrons. The summed E-state index contributed by atoms with van der Waals surface area (Å²) in [5.74, 6) is 1.38. The summed E-state index contributed by atoms with van der Waals surface area (Å²) < 4.78 is 2.09. The zero-order chi connectivity index (χ0) is 13.2. The topological polar surface area (TPSA) is 46.6 Å². The average Bonchev–Trinajstić information content (AvgIpc) is 2.83. The Hall–Kier alpha value is -1.39. The van der Waals surface area contributed by atoms with Gasteiger partial charge in [-0.1, -0.05) is 13.0 Å². The van der Waals surface area contributed by atoms with Crippen molar-refractivity contribution < 1.29 is 0 Å². The van der Waals surface area contributed by atoms with E-state index in [4.69, 9.17) is 5.73 Å². The van der Waals surface area contributed by atoms with Crippen LogP contribution in [0.3, 0.4) is 0 Å². The normalized spacial score (nSPS) is 24.9. The molecular weight excluding hydrogens is 236 g/mol. The lowest BCUT2D eigenvalue weighted by molar-refractivity contribution is 0.125. The van der Waals surface area contributed by atoms with Gasteiger partial charge in [-0.3, -0.25) is 4.90 Å². The van der Waals surface area contributed by atoms with Gasteiger partial charge in [0.1, 0.15) is 5.65 Å². The van der Waals surface area contributed by atoms with E-state index in [2.05, 4.69) is 27.4 Å². The first-order chi connectivity index (χ1) is 9.26. The quantitative estimate of drug-likeness (QED) is 0.912. The number of likely N-dealkylation sites (tertiary alicyclic amines) is 1. The van der Waals surface area contributed by atoms with E-state index in [1.807, 2.05) is 24.4 Å². The second-order valence-corrected chi connectivity index (χ2v) is 5.70. The highest BCUT2D eigenvalue weighted by molar-refractivity contribution is 5.39. The van der Waals surface area contributed by atoms with Gasteiger partial charge in [0.25, 0.3) is 0 Å². The van der Waals surface area contributed by atoms with Gasteiger partial charge in [0.15, 0.2) is 0 Å². The highest BCUT2D eigenvalue weighted by Crippen LogP contribution is 2.23. The Bertz CT molecular complexity index is 515. The van der Waals surface area contributed by atoms with E-state index in [0.29, 0.717) is 5.92 Å². The largest absolute Gasteiger partial charge is 0.330 e. The lowest BCUT2D eigenvalue weighted by Gasteiger charge is -2.36.